The second kappa shape index (κ2) is 8.00. The zero-order valence-corrected chi connectivity index (χ0v) is 16.5. The average Bonchev–Trinajstić information content (AvgIpc) is 2.44. The first-order chi connectivity index (χ1) is 11.7. The van der Waals surface area contributed by atoms with Crippen molar-refractivity contribution in [3.63, 3.8) is 0 Å². The maximum Gasteiger partial charge on any atom is 0.410 e. The monoisotopic (exact) mass is 391 g/mol. The summed E-state index contributed by atoms with van der Waals surface area (Å²) < 4.78 is 25.7. The number of hydrogen-bond donors (Lipinski definition) is 0. The van der Waals surface area contributed by atoms with Crippen LogP contribution in [0.25, 0.3) is 0 Å². The Labute approximate surface area is 158 Å². The van der Waals surface area contributed by atoms with Gasteiger partial charge in [-0.25, -0.2) is 9.18 Å². The van der Waals surface area contributed by atoms with Crippen LogP contribution < -0.4 is 4.74 Å². The second-order valence-corrected chi connectivity index (χ2v) is 7.81. The molecule has 4 nitrogen and oxygen atoms in total. The number of halogens is 3. The van der Waals surface area contributed by atoms with Gasteiger partial charge in [0.2, 0.25) is 0 Å². The summed E-state index contributed by atoms with van der Waals surface area (Å²) in [6, 6.07) is 1.57. The van der Waals surface area contributed by atoms with Gasteiger partial charge in [0.1, 0.15) is 17.2 Å². The van der Waals surface area contributed by atoms with Crippen LogP contribution in [0.1, 0.15) is 44.7 Å². The topological polar surface area (TPSA) is 38.8 Å². The lowest BCUT2D eigenvalue weighted by atomic mass is 9.88. The Balaban J connectivity index is 2.24. The van der Waals surface area contributed by atoms with Crippen molar-refractivity contribution in [1.29, 1.82) is 0 Å². The maximum absolute atomic E-state index is 14.7. The van der Waals surface area contributed by atoms with Crippen molar-refractivity contribution >= 4 is 29.3 Å². The fourth-order valence-corrected chi connectivity index (χ4v) is 3.22. The van der Waals surface area contributed by atoms with Crippen LogP contribution in [0.15, 0.2) is 6.07 Å². The lowest BCUT2D eigenvalue weighted by Crippen LogP contribution is -2.50. The van der Waals surface area contributed by atoms with E-state index >= 15 is 0 Å². The van der Waals surface area contributed by atoms with Crippen molar-refractivity contribution in [2.75, 3.05) is 25.6 Å². The lowest BCUT2D eigenvalue weighted by molar-refractivity contribution is 0.00765. The van der Waals surface area contributed by atoms with Crippen LogP contribution >= 0.6 is 23.2 Å². The normalized spacial score (nSPS) is 15.1. The highest BCUT2D eigenvalue weighted by Gasteiger charge is 2.38. The van der Waals surface area contributed by atoms with Crippen LogP contribution in [0.5, 0.6) is 5.75 Å². The Hall–Kier alpha value is -1.20. The highest BCUT2D eigenvalue weighted by atomic mass is 35.5. The molecule has 0 spiro atoms. The van der Waals surface area contributed by atoms with Gasteiger partial charge in [0.05, 0.1) is 11.6 Å². The minimum absolute atomic E-state index is 0.0503. The number of aryl methyl sites for hydroxylation is 1. The minimum Gasteiger partial charge on any atom is -0.493 e. The number of benzene rings is 1. The fourth-order valence-electron chi connectivity index (χ4n) is 2.79. The van der Waals surface area contributed by atoms with Gasteiger partial charge in [0.15, 0.2) is 0 Å². The summed E-state index contributed by atoms with van der Waals surface area (Å²) in [4.78, 5) is 13.6. The minimum atomic E-state index is -0.562. The fraction of sp³-hybridized carbons (Fsp3) is 0.611. The van der Waals surface area contributed by atoms with Gasteiger partial charge in [-0.3, -0.25) is 0 Å². The average molecular weight is 392 g/mol. The summed E-state index contributed by atoms with van der Waals surface area (Å²) in [6.45, 7) is 8.42. The van der Waals surface area contributed by atoms with E-state index in [1.165, 1.54) is 0 Å². The quantitative estimate of drug-likeness (QED) is 0.663. The number of carbonyl (C=O) groups is 1. The van der Waals surface area contributed by atoms with E-state index < -0.39 is 17.5 Å². The summed E-state index contributed by atoms with van der Waals surface area (Å²) in [6.07, 6.45) is 0.136. The molecular formula is C18H24Cl2FNO3. The smallest absolute Gasteiger partial charge is 0.410 e. The Morgan fingerprint density at radius 3 is 2.56 bits per heavy atom. The van der Waals surface area contributed by atoms with Gasteiger partial charge in [0.25, 0.3) is 0 Å². The standard InChI is InChI=1S/C18H24Cl2FNO3/c1-5-24-16-11(6-7-19)8-13(20)15(21)14(16)12-9-22(10-12)17(23)25-18(2,3)4/h8,12H,5-7,9-10H2,1-4H3. The van der Waals surface area contributed by atoms with Crippen molar-refractivity contribution in [3.8, 4) is 5.75 Å². The van der Waals surface area contributed by atoms with Crippen molar-refractivity contribution in [2.24, 2.45) is 0 Å². The van der Waals surface area contributed by atoms with Crippen LogP contribution in [0.4, 0.5) is 9.18 Å². The summed E-state index contributed by atoms with van der Waals surface area (Å²) in [5, 5.41) is 0.0503. The first kappa shape index (κ1) is 20.1. The van der Waals surface area contributed by atoms with Gasteiger partial charge in [-0.15, -0.1) is 11.6 Å². The molecule has 1 aliphatic heterocycles. The Morgan fingerprint density at radius 1 is 1.40 bits per heavy atom. The molecule has 1 aromatic rings. The third-order valence-corrected chi connectivity index (χ3v) is 4.34. The third kappa shape index (κ3) is 4.70. The number of carbonyl (C=O) groups excluding carboxylic acids is 1. The molecule has 1 aromatic carbocycles. The predicted molar refractivity (Wildman–Crippen MR) is 97.6 cm³/mol. The Morgan fingerprint density at radius 2 is 2.04 bits per heavy atom. The van der Waals surface area contributed by atoms with Gasteiger partial charge in [0, 0.05) is 30.5 Å². The van der Waals surface area contributed by atoms with Gasteiger partial charge in [-0.2, -0.15) is 0 Å². The molecule has 2 rings (SSSR count). The molecule has 0 N–H and O–H groups in total. The molecule has 1 fully saturated rings. The van der Waals surface area contributed by atoms with Crippen LogP contribution in [0.3, 0.4) is 0 Å². The molecule has 7 heteroatoms. The SMILES string of the molecule is CCOc1c(CCCl)cc(Cl)c(F)c1C1CN(C(=O)OC(C)(C)C)C1. The van der Waals surface area contributed by atoms with Gasteiger partial charge in [-0.05, 0) is 45.7 Å². The van der Waals surface area contributed by atoms with E-state index in [2.05, 4.69) is 0 Å². The van der Waals surface area contributed by atoms with Crippen LogP contribution in [0.2, 0.25) is 5.02 Å². The molecule has 0 radical (unpaired) electrons. The largest absolute Gasteiger partial charge is 0.493 e. The number of nitrogens with zero attached hydrogens (tertiary/aromatic N) is 1. The summed E-state index contributed by atoms with van der Waals surface area (Å²) in [5.74, 6) is 0.217. The molecule has 0 aliphatic carbocycles. The van der Waals surface area contributed by atoms with E-state index in [1.807, 2.05) is 27.7 Å². The molecule has 1 amide bonds. The van der Waals surface area contributed by atoms with E-state index in [9.17, 15) is 9.18 Å². The first-order valence-electron chi connectivity index (χ1n) is 8.35. The van der Waals surface area contributed by atoms with Gasteiger partial charge in [-0.1, -0.05) is 11.6 Å². The van der Waals surface area contributed by atoms with E-state index in [-0.39, 0.29) is 10.9 Å². The zero-order valence-electron chi connectivity index (χ0n) is 15.0. The van der Waals surface area contributed by atoms with Crippen molar-refractivity contribution in [2.45, 2.75) is 45.6 Å². The lowest BCUT2D eigenvalue weighted by Gasteiger charge is -2.40. The zero-order chi connectivity index (χ0) is 18.8. The molecule has 140 valence electrons. The molecule has 0 aromatic heterocycles. The number of hydrogen-bond acceptors (Lipinski definition) is 3. The number of rotatable bonds is 5. The van der Waals surface area contributed by atoms with Gasteiger partial charge < -0.3 is 14.4 Å². The van der Waals surface area contributed by atoms with E-state index in [0.29, 0.717) is 43.3 Å². The Kier molecular flexibility index (Phi) is 6.44. The van der Waals surface area contributed by atoms with Crippen molar-refractivity contribution in [3.05, 3.63) is 28.0 Å². The highest BCUT2D eigenvalue weighted by Crippen LogP contribution is 2.41. The molecule has 1 saturated heterocycles. The number of ether oxygens (including phenoxy) is 2. The third-order valence-electron chi connectivity index (χ3n) is 3.88. The number of alkyl halides is 1. The van der Waals surface area contributed by atoms with Crippen molar-refractivity contribution in [1.82, 2.24) is 4.90 Å². The first-order valence-corrected chi connectivity index (χ1v) is 9.26. The molecule has 25 heavy (non-hydrogen) atoms. The van der Waals surface area contributed by atoms with Crippen LogP contribution in [0, 0.1) is 5.82 Å². The number of amides is 1. The predicted octanol–water partition coefficient (Wildman–Crippen LogP) is 4.99. The summed E-state index contributed by atoms with van der Waals surface area (Å²) >= 11 is 11.9. The van der Waals surface area contributed by atoms with Gasteiger partial charge >= 0.3 is 6.09 Å². The molecule has 0 unspecified atom stereocenters. The molecule has 0 saturated carbocycles. The van der Waals surface area contributed by atoms with Crippen LogP contribution in [-0.4, -0.2) is 42.2 Å². The molecule has 1 heterocycles. The maximum atomic E-state index is 14.7. The molecule has 0 bridgehead atoms. The van der Waals surface area contributed by atoms with E-state index in [4.69, 9.17) is 32.7 Å². The summed E-state index contributed by atoms with van der Waals surface area (Å²) in [5.41, 5.74) is 0.649. The highest BCUT2D eigenvalue weighted by molar-refractivity contribution is 6.31. The molecule has 0 atom stereocenters. The van der Waals surface area contributed by atoms with E-state index in [1.54, 1.807) is 11.0 Å². The Bertz CT molecular complexity index is 640. The second-order valence-electron chi connectivity index (χ2n) is 7.03. The van der Waals surface area contributed by atoms with Crippen molar-refractivity contribution < 1.29 is 18.7 Å². The summed E-state index contributed by atoms with van der Waals surface area (Å²) in [7, 11) is 0. The molecule has 1 aliphatic rings. The van der Waals surface area contributed by atoms with E-state index in [0.717, 1.165) is 5.56 Å². The van der Waals surface area contributed by atoms with Crippen LogP contribution in [-0.2, 0) is 11.2 Å². The molecular weight excluding hydrogens is 368 g/mol. The number of likely N-dealkylation sites (tertiary alicyclic amines) is 1.